The van der Waals surface area contributed by atoms with Crippen LogP contribution in [0.3, 0.4) is 0 Å². The van der Waals surface area contributed by atoms with Gasteiger partial charge < -0.3 is 9.47 Å². The third kappa shape index (κ3) is 3.78. The second kappa shape index (κ2) is 7.91. The van der Waals surface area contributed by atoms with Crippen LogP contribution in [0.25, 0.3) is 16.7 Å². The van der Waals surface area contributed by atoms with Crippen molar-refractivity contribution in [2.45, 2.75) is 33.4 Å². The van der Waals surface area contributed by atoms with E-state index >= 15 is 0 Å². The van der Waals surface area contributed by atoms with Crippen LogP contribution in [0.5, 0.6) is 0 Å². The van der Waals surface area contributed by atoms with Gasteiger partial charge in [-0.1, -0.05) is 30.3 Å². The number of hydrogen-bond acceptors (Lipinski definition) is 3. The van der Waals surface area contributed by atoms with Crippen LogP contribution >= 0.6 is 0 Å². The molecule has 148 valence electrons. The number of carbonyl (C=O) groups excluding carboxylic acids is 1. The van der Waals surface area contributed by atoms with Gasteiger partial charge >= 0.3 is 0 Å². The maximum absolute atomic E-state index is 12.7. The lowest BCUT2D eigenvalue weighted by atomic mass is 10.2. The molecule has 4 rings (SSSR count). The Bertz CT molecular complexity index is 1140. The van der Waals surface area contributed by atoms with E-state index in [0.29, 0.717) is 19.5 Å². The van der Waals surface area contributed by atoms with E-state index in [1.54, 1.807) is 11.2 Å². The number of aryl methyl sites for hydroxylation is 2. The molecule has 0 unspecified atom stereocenters. The van der Waals surface area contributed by atoms with Crippen LogP contribution in [0.15, 0.2) is 60.9 Å². The molecule has 0 fully saturated rings. The van der Waals surface area contributed by atoms with Crippen molar-refractivity contribution in [3.8, 4) is 5.69 Å². The van der Waals surface area contributed by atoms with Crippen LogP contribution < -0.4 is 0 Å². The van der Waals surface area contributed by atoms with Crippen molar-refractivity contribution < 1.29 is 4.79 Å². The average molecular weight is 387 g/mol. The van der Waals surface area contributed by atoms with E-state index in [0.717, 1.165) is 33.7 Å². The van der Waals surface area contributed by atoms with Gasteiger partial charge in [-0.15, -0.1) is 0 Å². The first-order chi connectivity index (χ1) is 14.0. The van der Waals surface area contributed by atoms with Crippen molar-refractivity contribution in [1.82, 2.24) is 24.2 Å². The Morgan fingerprint density at radius 2 is 1.76 bits per heavy atom. The molecule has 2 aromatic heterocycles. The molecule has 6 heteroatoms. The van der Waals surface area contributed by atoms with Gasteiger partial charge in [-0.25, -0.2) is 9.67 Å². The van der Waals surface area contributed by atoms with E-state index in [2.05, 4.69) is 17.0 Å². The summed E-state index contributed by atoms with van der Waals surface area (Å²) in [6, 6.07) is 18.0. The Balaban J connectivity index is 1.44. The molecule has 29 heavy (non-hydrogen) atoms. The summed E-state index contributed by atoms with van der Waals surface area (Å²) in [6.07, 6.45) is 2.23. The number of rotatable bonds is 6. The van der Waals surface area contributed by atoms with Crippen molar-refractivity contribution in [2.75, 3.05) is 7.05 Å². The molecule has 0 N–H and O–H groups in total. The van der Waals surface area contributed by atoms with Gasteiger partial charge in [0, 0.05) is 37.8 Å². The molecule has 0 aliphatic rings. The fourth-order valence-corrected chi connectivity index (χ4v) is 3.65. The van der Waals surface area contributed by atoms with Gasteiger partial charge in [0.2, 0.25) is 5.91 Å². The molecule has 4 aromatic rings. The molecule has 0 saturated heterocycles. The van der Waals surface area contributed by atoms with Crippen LogP contribution in [-0.2, 0) is 17.9 Å². The molecule has 0 aliphatic heterocycles. The van der Waals surface area contributed by atoms with Gasteiger partial charge in [0.15, 0.2) is 0 Å². The summed E-state index contributed by atoms with van der Waals surface area (Å²) in [5, 5.41) is 4.68. The minimum absolute atomic E-state index is 0.106. The van der Waals surface area contributed by atoms with E-state index in [4.69, 9.17) is 0 Å². The summed E-state index contributed by atoms with van der Waals surface area (Å²) >= 11 is 0. The number of imidazole rings is 1. The molecule has 0 atom stereocenters. The maximum Gasteiger partial charge on any atom is 0.224 e. The first kappa shape index (κ1) is 18.9. The quantitative estimate of drug-likeness (QED) is 0.504. The van der Waals surface area contributed by atoms with Gasteiger partial charge in [-0.3, -0.25) is 4.79 Å². The highest BCUT2D eigenvalue weighted by atomic mass is 16.2. The van der Waals surface area contributed by atoms with Gasteiger partial charge in [0.1, 0.15) is 0 Å². The van der Waals surface area contributed by atoms with E-state index in [9.17, 15) is 4.79 Å². The number of fused-ring (bicyclic) bond motifs is 1. The fraction of sp³-hybridized carbons (Fsp3) is 0.261. The summed E-state index contributed by atoms with van der Waals surface area (Å²) in [4.78, 5) is 18.9. The number of carbonyl (C=O) groups is 1. The zero-order chi connectivity index (χ0) is 20.4. The van der Waals surface area contributed by atoms with Crippen molar-refractivity contribution in [2.24, 2.45) is 0 Å². The zero-order valence-electron chi connectivity index (χ0n) is 17.0. The summed E-state index contributed by atoms with van der Waals surface area (Å²) in [5.41, 5.74) is 6.14. The number of benzene rings is 2. The Morgan fingerprint density at radius 1 is 1.03 bits per heavy atom. The minimum atomic E-state index is 0.106. The molecule has 2 heterocycles. The molecule has 0 radical (unpaired) electrons. The number of nitrogens with zero attached hydrogens (tertiary/aromatic N) is 5. The first-order valence-corrected chi connectivity index (χ1v) is 9.79. The van der Waals surface area contributed by atoms with Crippen LogP contribution in [0.4, 0.5) is 0 Å². The average Bonchev–Trinajstić information content (AvgIpc) is 3.28. The van der Waals surface area contributed by atoms with Gasteiger partial charge in [0.05, 0.1) is 28.7 Å². The lowest BCUT2D eigenvalue weighted by Crippen LogP contribution is -2.27. The predicted molar refractivity (Wildman–Crippen MR) is 114 cm³/mol. The molecule has 0 bridgehead atoms. The molecular weight excluding hydrogens is 362 g/mol. The highest BCUT2D eigenvalue weighted by Crippen LogP contribution is 2.20. The third-order valence-corrected chi connectivity index (χ3v) is 5.36. The number of hydrogen-bond donors (Lipinski definition) is 0. The zero-order valence-corrected chi connectivity index (χ0v) is 17.0. The Labute approximate surface area is 170 Å². The maximum atomic E-state index is 12.7. The lowest BCUT2D eigenvalue weighted by molar-refractivity contribution is -0.130. The summed E-state index contributed by atoms with van der Waals surface area (Å²) in [6.45, 7) is 5.22. The second-order valence-electron chi connectivity index (χ2n) is 7.32. The normalized spacial score (nSPS) is 11.1. The second-order valence-corrected chi connectivity index (χ2v) is 7.32. The fourth-order valence-electron chi connectivity index (χ4n) is 3.65. The summed E-state index contributed by atoms with van der Waals surface area (Å²) in [7, 11) is 1.85. The summed E-state index contributed by atoms with van der Waals surface area (Å²) in [5.74, 6) is 0.106. The van der Waals surface area contributed by atoms with Crippen LogP contribution in [0.2, 0.25) is 0 Å². The van der Waals surface area contributed by atoms with Crippen LogP contribution in [0, 0.1) is 13.8 Å². The topological polar surface area (TPSA) is 56.0 Å². The summed E-state index contributed by atoms with van der Waals surface area (Å²) < 4.78 is 3.98. The Kier molecular flexibility index (Phi) is 5.16. The Morgan fingerprint density at radius 3 is 2.55 bits per heavy atom. The van der Waals surface area contributed by atoms with Gasteiger partial charge in [-0.2, -0.15) is 5.10 Å². The predicted octanol–water partition coefficient (Wildman–Crippen LogP) is 3.89. The monoisotopic (exact) mass is 387 g/mol. The molecule has 0 spiro atoms. The minimum Gasteiger partial charge on any atom is -0.341 e. The molecule has 0 saturated carbocycles. The highest BCUT2D eigenvalue weighted by molar-refractivity contribution is 5.77. The molecule has 2 aromatic carbocycles. The highest BCUT2D eigenvalue weighted by Gasteiger charge is 2.17. The molecule has 6 nitrogen and oxygen atoms in total. The molecule has 0 aliphatic carbocycles. The van der Waals surface area contributed by atoms with Crippen LogP contribution in [-0.4, -0.2) is 37.2 Å². The smallest absolute Gasteiger partial charge is 0.224 e. The Hall–Kier alpha value is -3.41. The van der Waals surface area contributed by atoms with Crippen molar-refractivity contribution in [3.05, 3.63) is 77.9 Å². The third-order valence-electron chi connectivity index (χ3n) is 5.36. The van der Waals surface area contributed by atoms with Crippen molar-refractivity contribution in [1.29, 1.82) is 0 Å². The lowest BCUT2D eigenvalue weighted by Gasteiger charge is -2.18. The van der Waals surface area contributed by atoms with Crippen molar-refractivity contribution in [3.63, 3.8) is 0 Å². The SMILES string of the molecule is Cc1nn(-c2ccccc2)c(C)c1CN(C)C(=O)CCn1cnc2ccccc21. The number of aromatic nitrogens is 4. The molecule has 1 amide bonds. The molecular formula is C23H25N5O. The van der Waals surface area contributed by atoms with E-state index in [1.165, 1.54) is 0 Å². The van der Waals surface area contributed by atoms with Crippen molar-refractivity contribution >= 4 is 16.9 Å². The van der Waals surface area contributed by atoms with E-state index < -0.39 is 0 Å². The largest absolute Gasteiger partial charge is 0.341 e. The number of amides is 1. The van der Waals surface area contributed by atoms with Gasteiger partial charge in [-0.05, 0) is 38.1 Å². The first-order valence-electron chi connectivity index (χ1n) is 9.79. The van der Waals surface area contributed by atoms with E-state index in [-0.39, 0.29) is 5.91 Å². The standard InChI is InChI=1S/C23H25N5O/c1-17-20(18(2)28(25-17)19-9-5-4-6-10-19)15-26(3)23(29)13-14-27-16-24-21-11-7-8-12-22(21)27/h4-12,16H,13-15H2,1-3H3. The van der Waals surface area contributed by atoms with Gasteiger partial charge in [0.25, 0.3) is 0 Å². The van der Waals surface area contributed by atoms with Crippen LogP contribution in [0.1, 0.15) is 23.4 Å². The number of para-hydroxylation sites is 3. The van der Waals surface area contributed by atoms with E-state index in [1.807, 2.05) is 77.8 Å².